The number of nitrogens with zero attached hydrogens (tertiary/aromatic N) is 4. The summed E-state index contributed by atoms with van der Waals surface area (Å²) in [6, 6.07) is 11.9. The van der Waals surface area contributed by atoms with Gasteiger partial charge in [-0.2, -0.15) is 0 Å². The summed E-state index contributed by atoms with van der Waals surface area (Å²) in [7, 11) is 0. The van der Waals surface area contributed by atoms with E-state index in [4.69, 9.17) is 11.6 Å². The maximum Gasteiger partial charge on any atom is 0.255 e. The first-order valence-corrected chi connectivity index (χ1v) is 8.55. The summed E-state index contributed by atoms with van der Waals surface area (Å²) in [6.07, 6.45) is 3.31. The standard InChI is InChI=1S/C19H15ClN4O2/c20-15-3-1-14(2-4-15)17(25)12-23-9-10-24-18(26)11-16(22-19(23)24)13-5-7-21-8-6-13/h1-8,11H,9-10,12H2. The highest BCUT2D eigenvalue weighted by Gasteiger charge is 2.25. The third-order valence-electron chi connectivity index (χ3n) is 4.34. The monoisotopic (exact) mass is 366 g/mol. The number of carbonyl (C=O) groups excluding carboxylic acids is 1. The SMILES string of the molecule is O=C(CN1CCn2c1nc(-c1ccncc1)cc2=O)c1ccc(Cl)cc1. The zero-order valence-corrected chi connectivity index (χ0v) is 14.6. The maximum atomic E-state index is 12.6. The molecule has 130 valence electrons. The first kappa shape index (κ1) is 16.5. The summed E-state index contributed by atoms with van der Waals surface area (Å²) in [5.41, 5.74) is 1.86. The van der Waals surface area contributed by atoms with Crippen LogP contribution in [-0.4, -0.2) is 33.4 Å². The number of halogens is 1. The maximum absolute atomic E-state index is 12.6. The van der Waals surface area contributed by atoms with E-state index in [1.165, 1.54) is 6.07 Å². The average Bonchev–Trinajstić information content (AvgIpc) is 3.06. The summed E-state index contributed by atoms with van der Waals surface area (Å²) in [5, 5.41) is 0.586. The van der Waals surface area contributed by atoms with Crippen molar-refractivity contribution < 1.29 is 4.79 Å². The van der Waals surface area contributed by atoms with Gasteiger partial charge in [-0.3, -0.25) is 19.1 Å². The van der Waals surface area contributed by atoms with E-state index in [0.717, 1.165) is 5.56 Å². The largest absolute Gasteiger partial charge is 0.333 e. The Morgan fingerprint density at radius 1 is 1.08 bits per heavy atom. The molecule has 0 aliphatic carbocycles. The first-order valence-electron chi connectivity index (χ1n) is 8.18. The molecule has 0 atom stereocenters. The Bertz CT molecular complexity index is 1020. The molecule has 2 aromatic heterocycles. The van der Waals surface area contributed by atoms with Crippen LogP contribution in [0.2, 0.25) is 5.02 Å². The van der Waals surface area contributed by atoms with Gasteiger partial charge in [0.1, 0.15) is 0 Å². The predicted octanol–water partition coefficient (Wildman–Crippen LogP) is 2.66. The quantitative estimate of drug-likeness (QED) is 0.664. The van der Waals surface area contributed by atoms with Crippen molar-refractivity contribution in [3.8, 4) is 11.3 Å². The van der Waals surface area contributed by atoms with E-state index in [0.29, 0.717) is 35.3 Å². The third-order valence-corrected chi connectivity index (χ3v) is 4.59. The number of anilines is 1. The van der Waals surface area contributed by atoms with Crippen LogP contribution in [0.3, 0.4) is 0 Å². The molecule has 0 saturated carbocycles. The molecule has 0 radical (unpaired) electrons. The van der Waals surface area contributed by atoms with Gasteiger partial charge in [0.15, 0.2) is 5.78 Å². The molecule has 0 spiro atoms. The number of ketones is 1. The van der Waals surface area contributed by atoms with Gasteiger partial charge in [0, 0.05) is 47.7 Å². The van der Waals surface area contributed by atoms with Gasteiger partial charge in [0.2, 0.25) is 5.95 Å². The van der Waals surface area contributed by atoms with Crippen LogP contribution in [0.4, 0.5) is 5.95 Å². The number of rotatable bonds is 4. The molecule has 1 aliphatic heterocycles. The van der Waals surface area contributed by atoms with Crippen molar-refractivity contribution in [3.63, 3.8) is 0 Å². The fraction of sp³-hybridized carbons (Fsp3) is 0.158. The van der Waals surface area contributed by atoms with Gasteiger partial charge in [0.05, 0.1) is 12.2 Å². The highest BCUT2D eigenvalue weighted by molar-refractivity contribution is 6.30. The second kappa shape index (κ2) is 6.72. The summed E-state index contributed by atoms with van der Waals surface area (Å²) in [6.45, 7) is 1.25. The van der Waals surface area contributed by atoms with Gasteiger partial charge in [-0.25, -0.2) is 4.98 Å². The Labute approximate surface area is 154 Å². The van der Waals surface area contributed by atoms with Crippen LogP contribution in [0.5, 0.6) is 0 Å². The summed E-state index contributed by atoms with van der Waals surface area (Å²) in [4.78, 5) is 35.4. The first-order chi connectivity index (χ1) is 12.6. The Hall–Kier alpha value is -2.99. The summed E-state index contributed by atoms with van der Waals surface area (Å²) >= 11 is 5.87. The zero-order chi connectivity index (χ0) is 18.1. The Balaban J connectivity index is 1.64. The molecule has 0 fully saturated rings. The molecule has 7 heteroatoms. The average molecular weight is 367 g/mol. The van der Waals surface area contributed by atoms with Crippen LogP contribution in [0.25, 0.3) is 11.3 Å². The second-order valence-electron chi connectivity index (χ2n) is 6.02. The van der Waals surface area contributed by atoms with E-state index in [9.17, 15) is 9.59 Å². The molecule has 26 heavy (non-hydrogen) atoms. The molecule has 1 aromatic carbocycles. The van der Waals surface area contributed by atoms with E-state index in [1.807, 2.05) is 4.90 Å². The molecule has 0 amide bonds. The molecule has 0 N–H and O–H groups in total. The molecule has 6 nitrogen and oxygen atoms in total. The molecule has 1 aliphatic rings. The third kappa shape index (κ3) is 3.11. The van der Waals surface area contributed by atoms with Gasteiger partial charge in [-0.05, 0) is 36.4 Å². The van der Waals surface area contributed by atoms with Gasteiger partial charge >= 0.3 is 0 Å². The van der Waals surface area contributed by atoms with Crippen LogP contribution in [-0.2, 0) is 6.54 Å². The smallest absolute Gasteiger partial charge is 0.255 e. The minimum Gasteiger partial charge on any atom is -0.333 e. The lowest BCUT2D eigenvalue weighted by atomic mass is 10.1. The predicted molar refractivity (Wildman–Crippen MR) is 99.7 cm³/mol. The number of Topliss-reactive ketones (excluding diaryl/α,β-unsaturated/α-hetero) is 1. The van der Waals surface area contributed by atoms with Crippen molar-refractivity contribution in [3.05, 3.63) is 75.8 Å². The number of pyridine rings is 1. The van der Waals surface area contributed by atoms with E-state index >= 15 is 0 Å². The molecular formula is C19H15ClN4O2. The zero-order valence-electron chi connectivity index (χ0n) is 13.8. The Morgan fingerprint density at radius 2 is 1.81 bits per heavy atom. The molecule has 0 saturated heterocycles. The van der Waals surface area contributed by atoms with Crippen molar-refractivity contribution in [2.45, 2.75) is 6.54 Å². The topological polar surface area (TPSA) is 68.1 Å². The van der Waals surface area contributed by atoms with Crippen LogP contribution < -0.4 is 10.5 Å². The van der Waals surface area contributed by atoms with Crippen molar-refractivity contribution in [2.24, 2.45) is 0 Å². The lowest BCUT2D eigenvalue weighted by molar-refractivity contribution is 0.0999. The van der Waals surface area contributed by atoms with Crippen LogP contribution in [0.1, 0.15) is 10.4 Å². The van der Waals surface area contributed by atoms with Gasteiger partial charge in [-0.1, -0.05) is 11.6 Å². The summed E-state index contributed by atoms with van der Waals surface area (Å²) < 4.78 is 1.60. The van der Waals surface area contributed by atoms with Crippen LogP contribution in [0, 0.1) is 0 Å². The van der Waals surface area contributed by atoms with Gasteiger partial charge < -0.3 is 4.90 Å². The minimum absolute atomic E-state index is 0.0429. The summed E-state index contributed by atoms with van der Waals surface area (Å²) in [5.74, 6) is 0.477. The number of hydrogen-bond acceptors (Lipinski definition) is 5. The molecule has 3 aromatic rings. The second-order valence-corrected chi connectivity index (χ2v) is 6.46. The molecule has 0 bridgehead atoms. The van der Waals surface area contributed by atoms with Crippen molar-refractivity contribution >= 4 is 23.3 Å². The highest BCUT2D eigenvalue weighted by atomic mass is 35.5. The van der Waals surface area contributed by atoms with E-state index < -0.39 is 0 Å². The van der Waals surface area contributed by atoms with E-state index in [-0.39, 0.29) is 17.9 Å². The molecular weight excluding hydrogens is 352 g/mol. The molecule has 4 rings (SSSR count). The molecule has 3 heterocycles. The fourth-order valence-electron chi connectivity index (χ4n) is 2.99. The number of carbonyl (C=O) groups is 1. The number of aromatic nitrogens is 3. The number of hydrogen-bond donors (Lipinski definition) is 0. The van der Waals surface area contributed by atoms with Crippen LogP contribution in [0.15, 0.2) is 59.7 Å². The number of fused-ring (bicyclic) bond motifs is 1. The Morgan fingerprint density at radius 3 is 2.54 bits per heavy atom. The fourth-order valence-corrected chi connectivity index (χ4v) is 3.11. The lowest BCUT2D eigenvalue weighted by Crippen LogP contribution is -2.29. The van der Waals surface area contributed by atoms with Crippen molar-refractivity contribution in [1.82, 2.24) is 14.5 Å². The number of benzene rings is 1. The van der Waals surface area contributed by atoms with Crippen molar-refractivity contribution in [2.75, 3.05) is 18.0 Å². The lowest BCUT2D eigenvalue weighted by Gasteiger charge is -2.17. The van der Waals surface area contributed by atoms with E-state index in [1.54, 1.807) is 53.4 Å². The van der Waals surface area contributed by atoms with Gasteiger partial charge in [-0.15, -0.1) is 0 Å². The van der Waals surface area contributed by atoms with Crippen LogP contribution >= 0.6 is 11.6 Å². The Kier molecular flexibility index (Phi) is 4.26. The van der Waals surface area contributed by atoms with Gasteiger partial charge in [0.25, 0.3) is 5.56 Å². The van der Waals surface area contributed by atoms with Crippen molar-refractivity contribution in [1.29, 1.82) is 0 Å². The molecule has 0 unspecified atom stereocenters. The minimum atomic E-state index is -0.122. The highest BCUT2D eigenvalue weighted by Crippen LogP contribution is 2.22. The normalized spacial score (nSPS) is 12.9. The van der Waals surface area contributed by atoms with E-state index in [2.05, 4.69) is 9.97 Å².